The highest BCUT2D eigenvalue weighted by atomic mass is 32.1. The minimum atomic E-state index is -0.885. The molecule has 2 unspecified atom stereocenters. The number of hydrogen-bond donors (Lipinski definition) is 1. The van der Waals surface area contributed by atoms with E-state index in [9.17, 15) is 14.7 Å². The molecule has 3 saturated heterocycles. The van der Waals surface area contributed by atoms with Crippen LogP contribution in [0.25, 0.3) is 21.7 Å². The standard InChI is InChI=1S/C23H19N5O6S/c1-32-21(29)12-2-3-18(25-9-12)33-15-7-16(20-24-4-5-35-20)19-17(8-15)26-22(34-19)27-10-13-6-14(11-27)28(13)23(30)31/h2-5,7-9,13-14H,6,10-11H2,1H3,(H,30,31). The molecule has 3 aliphatic heterocycles. The van der Waals surface area contributed by atoms with Gasteiger partial charge >= 0.3 is 12.1 Å². The third kappa shape index (κ3) is 3.71. The molecule has 12 heteroatoms. The molecule has 0 radical (unpaired) electrons. The molecule has 0 saturated carbocycles. The maximum Gasteiger partial charge on any atom is 0.407 e. The Balaban J connectivity index is 1.33. The summed E-state index contributed by atoms with van der Waals surface area (Å²) in [5.74, 6) is 0.309. The van der Waals surface area contributed by atoms with Gasteiger partial charge < -0.3 is 23.9 Å². The largest absolute Gasteiger partial charge is 0.465 e. The van der Waals surface area contributed by atoms with Crippen molar-refractivity contribution in [2.75, 3.05) is 25.1 Å². The zero-order chi connectivity index (χ0) is 24.1. The van der Waals surface area contributed by atoms with Gasteiger partial charge in [0, 0.05) is 43.0 Å². The molecule has 2 bridgehead atoms. The van der Waals surface area contributed by atoms with E-state index < -0.39 is 12.1 Å². The summed E-state index contributed by atoms with van der Waals surface area (Å²) in [7, 11) is 1.31. The van der Waals surface area contributed by atoms with Crippen LogP contribution in [0.5, 0.6) is 11.6 Å². The van der Waals surface area contributed by atoms with Crippen molar-refractivity contribution >= 4 is 40.5 Å². The van der Waals surface area contributed by atoms with Crippen molar-refractivity contribution in [3.8, 4) is 22.2 Å². The van der Waals surface area contributed by atoms with Gasteiger partial charge in [0.25, 0.3) is 6.01 Å². The number of piperazine rings is 1. The van der Waals surface area contributed by atoms with E-state index in [-0.39, 0.29) is 12.1 Å². The van der Waals surface area contributed by atoms with Gasteiger partial charge in [0.2, 0.25) is 5.88 Å². The maximum absolute atomic E-state index is 11.6. The van der Waals surface area contributed by atoms with Crippen LogP contribution in [0.1, 0.15) is 16.8 Å². The summed E-state index contributed by atoms with van der Waals surface area (Å²) in [6, 6.07) is 7.05. The number of hydrogen-bond acceptors (Lipinski definition) is 10. The first-order valence-electron chi connectivity index (χ1n) is 10.8. The molecule has 0 aliphatic carbocycles. The van der Waals surface area contributed by atoms with Crippen LogP contribution in [0.3, 0.4) is 0 Å². The number of carbonyl (C=O) groups is 2. The molecule has 11 nitrogen and oxygen atoms in total. The van der Waals surface area contributed by atoms with E-state index in [1.807, 2.05) is 16.3 Å². The Hall–Kier alpha value is -4.19. The van der Waals surface area contributed by atoms with Crippen LogP contribution in [-0.2, 0) is 4.74 Å². The van der Waals surface area contributed by atoms with Gasteiger partial charge in [-0.3, -0.25) is 4.90 Å². The predicted molar refractivity (Wildman–Crippen MR) is 125 cm³/mol. The highest BCUT2D eigenvalue weighted by Crippen LogP contribution is 2.40. The molecule has 3 fully saturated rings. The van der Waals surface area contributed by atoms with Crippen LogP contribution in [0, 0.1) is 0 Å². The number of nitrogens with zero attached hydrogens (tertiary/aromatic N) is 5. The van der Waals surface area contributed by atoms with Crippen LogP contribution < -0.4 is 9.64 Å². The molecule has 6 heterocycles. The lowest BCUT2D eigenvalue weighted by Gasteiger charge is -2.54. The molecule has 178 valence electrons. The minimum absolute atomic E-state index is 0.0578. The van der Waals surface area contributed by atoms with E-state index >= 15 is 0 Å². The molecule has 1 aromatic carbocycles. The number of anilines is 1. The van der Waals surface area contributed by atoms with Gasteiger partial charge in [-0.1, -0.05) is 0 Å². The van der Waals surface area contributed by atoms with Gasteiger partial charge in [-0.05, 0) is 18.6 Å². The highest BCUT2D eigenvalue weighted by molar-refractivity contribution is 7.13. The first-order valence-corrected chi connectivity index (χ1v) is 11.7. The fraction of sp³-hybridized carbons (Fsp3) is 0.261. The second-order valence-electron chi connectivity index (χ2n) is 8.27. The van der Waals surface area contributed by atoms with E-state index in [0.717, 1.165) is 17.0 Å². The van der Waals surface area contributed by atoms with Crippen LogP contribution >= 0.6 is 11.3 Å². The minimum Gasteiger partial charge on any atom is -0.465 e. The normalized spacial score (nSPS) is 18.9. The molecule has 4 aromatic rings. The van der Waals surface area contributed by atoms with Crippen molar-refractivity contribution in [3.05, 3.63) is 47.6 Å². The number of carbonyl (C=O) groups excluding carboxylic acids is 1. The molecule has 3 aliphatic rings. The number of pyridine rings is 1. The number of benzene rings is 1. The van der Waals surface area contributed by atoms with Crippen molar-refractivity contribution in [1.82, 2.24) is 19.9 Å². The predicted octanol–water partition coefficient (Wildman–Crippen LogP) is 3.87. The number of fused-ring (bicyclic) bond motifs is 3. The number of methoxy groups -OCH3 is 1. The van der Waals surface area contributed by atoms with Crippen molar-refractivity contribution in [2.45, 2.75) is 18.5 Å². The van der Waals surface area contributed by atoms with E-state index in [4.69, 9.17) is 18.9 Å². The zero-order valence-electron chi connectivity index (χ0n) is 18.5. The fourth-order valence-corrected chi connectivity index (χ4v) is 5.23. The average molecular weight is 494 g/mol. The summed E-state index contributed by atoms with van der Waals surface area (Å²) >= 11 is 1.46. The number of ether oxygens (including phenoxy) is 2. The van der Waals surface area contributed by atoms with Crippen molar-refractivity contribution in [3.63, 3.8) is 0 Å². The SMILES string of the molecule is COC(=O)c1ccc(Oc2cc(-c3nccs3)c3oc(N4CC5CC(C4)N5C(=O)O)nc3c2)nc1. The Morgan fingerprint density at radius 3 is 2.69 bits per heavy atom. The van der Waals surface area contributed by atoms with Gasteiger partial charge in [0.05, 0.1) is 30.3 Å². The van der Waals surface area contributed by atoms with Gasteiger partial charge in [-0.15, -0.1) is 11.3 Å². The van der Waals surface area contributed by atoms with Crippen molar-refractivity contribution in [1.29, 1.82) is 0 Å². The lowest BCUT2D eigenvalue weighted by Crippen LogP contribution is -2.70. The van der Waals surface area contributed by atoms with Crippen LogP contribution in [0.4, 0.5) is 10.8 Å². The summed E-state index contributed by atoms with van der Waals surface area (Å²) in [5.41, 5.74) is 2.21. The van der Waals surface area contributed by atoms with Gasteiger partial charge in [-0.25, -0.2) is 19.6 Å². The quantitative estimate of drug-likeness (QED) is 0.409. The zero-order valence-corrected chi connectivity index (χ0v) is 19.3. The molecular formula is C23H19N5O6S. The van der Waals surface area contributed by atoms with E-state index in [1.54, 1.807) is 24.4 Å². The van der Waals surface area contributed by atoms with E-state index in [1.165, 1.54) is 29.5 Å². The fourth-order valence-electron chi connectivity index (χ4n) is 4.58. The summed E-state index contributed by atoms with van der Waals surface area (Å²) in [6.45, 7) is 1.06. The number of amides is 1. The number of esters is 1. The Bertz CT molecular complexity index is 1410. The molecule has 7 rings (SSSR count). The number of aromatic nitrogens is 3. The second kappa shape index (κ2) is 8.24. The Labute approximate surface area is 202 Å². The molecule has 0 spiro atoms. The molecule has 1 amide bonds. The third-order valence-electron chi connectivity index (χ3n) is 6.18. The van der Waals surface area contributed by atoms with Crippen LogP contribution in [-0.4, -0.2) is 69.3 Å². The maximum atomic E-state index is 11.6. The average Bonchev–Trinajstić information content (AvgIpc) is 3.54. The highest BCUT2D eigenvalue weighted by Gasteiger charge is 2.48. The van der Waals surface area contributed by atoms with E-state index in [2.05, 4.69) is 9.97 Å². The Morgan fingerprint density at radius 1 is 1.20 bits per heavy atom. The molecule has 3 aromatic heterocycles. The topological polar surface area (TPSA) is 131 Å². The second-order valence-corrected chi connectivity index (χ2v) is 9.16. The lowest BCUT2D eigenvalue weighted by atomic mass is 9.88. The Kier molecular flexibility index (Phi) is 5.02. The van der Waals surface area contributed by atoms with E-state index in [0.29, 0.717) is 47.4 Å². The lowest BCUT2D eigenvalue weighted by molar-refractivity contribution is 0.0101. The van der Waals surface area contributed by atoms with Gasteiger partial charge in [0.1, 0.15) is 16.3 Å². The summed E-state index contributed by atoms with van der Waals surface area (Å²) in [4.78, 5) is 39.9. The van der Waals surface area contributed by atoms with Gasteiger partial charge in [-0.2, -0.15) is 4.98 Å². The first kappa shape index (κ1) is 21.4. The number of carboxylic acid groups (broad SMARTS) is 1. The summed E-state index contributed by atoms with van der Waals surface area (Å²) in [5, 5.41) is 12.0. The molecule has 2 atom stereocenters. The van der Waals surface area contributed by atoms with Crippen LogP contribution in [0.2, 0.25) is 0 Å². The number of rotatable bonds is 5. The first-order chi connectivity index (χ1) is 17.0. The summed E-state index contributed by atoms with van der Waals surface area (Å²) < 4.78 is 16.8. The summed E-state index contributed by atoms with van der Waals surface area (Å²) in [6.07, 6.45) is 3.07. The molecular weight excluding hydrogens is 474 g/mol. The van der Waals surface area contributed by atoms with Crippen molar-refractivity contribution in [2.24, 2.45) is 0 Å². The van der Waals surface area contributed by atoms with Crippen LogP contribution in [0.15, 0.2) is 46.5 Å². The Morgan fingerprint density at radius 2 is 2.03 bits per heavy atom. The van der Waals surface area contributed by atoms with Crippen molar-refractivity contribution < 1.29 is 28.6 Å². The smallest absolute Gasteiger partial charge is 0.407 e. The molecule has 35 heavy (non-hydrogen) atoms. The molecule has 1 N–H and O–H groups in total. The third-order valence-corrected chi connectivity index (χ3v) is 6.99. The number of oxazole rings is 1. The number of thiazole rings is 1. The van der Waals surface area contributed by atoms with Gasteiger partial charge in [0.15, 0.2) is 5.58 Å². The monoisotopic (exact) mass is 493 g/mol. The number of piperidine rings is 1.